The van der Waals surface area contributed by atoms with Crippen LogP contribution in [0.2, 0.25) is 0 Å². The molecule has 0 fully saturated rings. The van der Waals surface area contributed by atoms with Crippen LogP contribution >= 0.6 is 0 Å². The van der Waals surface area contributed by atoms with Crippen molar-refractivity contribution in [1.29, 1.82) is 0 Å². The highest BCUT2D eigenvalue weighted by molar-refractivity contribution is 5.79. The monoisotopic (exact) mass is 238 g/mol. The molecule has 0 spiro atoms. The molecule has 0 saturated heterocycles. The normalized spacial score (nSPS) is 10.4. The maximum atomic E-state index is 11.0. The lowest BCUT2D eigenvalue weighted by molar-refractivity contribution is -0.116. The molecule has 0 aliphatic carbocycles. The molecule has 0 aliphatic heterocycles. The molecule has 1 aromatic rings. The molecular formula is C10H18N6O. The van der Waals surface area contributed by atoms with Crippen molar-refractivity contribution in [3.05, 3.63) is 11.8 Å². The van der Waals surface area contributed by atoms with Crippen molar-refractivity contribution in [2.75, 3.05) is 16.9 Å². The minimum atomic E-state index is -0.405. The second-order valence-electron chi connectivity index (χ2n) is 4.02. The van der Waals surface area contributed by atoms with Crippen molar-refractivity contribution in [1.82, 2.24) is 9.97 Å². The topological polar surface area (TPSA) is 110 Å². The first-order chi connectivity index (χ1) is 7.93. The van der Waals surface area contributed by atoms with Gasteiger partial charge in [-0.25, -0.2) is 10.8 Å². The molecule has 1 rings (SSSR count). The standard InChI is InChI=1S/C10H18N6O/c1-6(2)16(5-8(11)17)9-4-7(3)13-10(14-9)15-12/h4,6H,5,12H2,1-3H3,(H2,11,17)(H,13,14,15). The SMILES string of the molecule is Cc1cc(N(CC(N)=O)C(C)C)nc(NN)n1. The zero-order valence-electron chi connectivity index (χ0n) is 10.3. The lowest BCUT2D eigenvalue weighted by atomic mass is 10.3. The van der Waals surface area contributed by atoms with Crippen LogP contribution in [0.3, 0.4) is 0 Å². The summed E-state index contributed by atoms with van der Waals surface area (Å²) in [6.07, 6.45) is 0. The molecule has 1 aromatic heterocycles. The van der Waals surface area contributed by atoms with Crippen LogP contribution in [0.4, 0.5) is 11.8 Å². The fourth-order valence-electron chi connectivity index (χ4n) is 1.46. The van der Waals surface area contributed by atoms with Gasteiger partial charge in [-0.15, -0.1) is 0 Å². The zero-order valence-corrected chi connectivity index (χ0v) is 10.3. The summed E-state index contributed by atoms with van der Waals surface area (Å²) in [6, 6.07) is 1.88. The lowest BCUT2D eigenvalue weighted by Crippen LogP contribution is -2.39. The second-order valence-corrected chi connectivity index (χ2v) is 4.02. The van der Waals surface area contributed by atoms with E-state index < -0.39 is 5.91 Å². The minimum Gasteiger partial charge on any atom is -0.368 e. The van der Waals surface area contributed by atoms with Gasteiger partial charge in [-0.3, -0.25) is 10.2 Å². The average molecular weight is 238 g/mol. The molecule has 7 nitrogen and oxygen atoms in total. The molecule has 1 heterocycles. The van der Waals surface area contributed by atoms with E-state index >= 15 is 0 Å². The zero-order chi connectivity index (χ0) is 13.0. The van der Waals surface area contributed by atoms with Gasteiger partial charge in [0.2, 0.25) is 11.9 Å². The molecule has 0 saturated carbocycles. The van der Waals surface area contributed by atoms with E-state index in [2.05, 4.69) is 15.4 Å². The van der Waals surface area contributed by atoms with Crippen molar-refractivity contribution >= 4 is 17.7 Å². The summed E-state index contributed by atoms with van der Waals surface area (Å²) in [7, 11) is 0. The van der Waals surface area contributed by atoms with Crippen molar-refractivity contribution < 1.29 is 4.79 Å². The summed E-state index contributed by atoms with van der Waals surface area (Å²) < 4.78 is 0. The number of nitrogens with zero attached hydrogens (tertiary/aromatic N) is 3. The Kier molecular flexibility index (Phi) is 4.22. The van der Waals surface area contributed by atoms with Crippen LogP contribution < -0.4 is 21.9 Å². The summed E-state index contributed by atoms with van der Waals surface area (Å²) in [5, 5.41) is 0. The smallest absolute Gasteiger partial charge is 0.239 e. The highest BCUT2D eigenvalue weighted by Gasteiger charge is 2.15. The number of anilines is 2. The predicted molar refractivity (Wildman–Crippen MR) is 66.3 cm³/mol. The Morgan fingerprint density at radius 2 is 2.18 bits per heavy atom. The van der Waals surface area contributed by atoms with Crippen LogP contribution in [-0.4, -0.2) is 28.5 Å². The molecule has 0 atom stereocenters. The molecule has 0 aliphatic rings. The van der Waals surface area contributed by atoms with Crippen LogP contribution in [0.15, 0.2) is 6.07 Å². The number of hydrogen-bond donors (Lipinski definition) is 3. The van der Waals surface area contributed by atoms with Gasteiger partial charge < -0.3 is 10.6 Å². The Balaban J connectivity index is 3.08. The molecule has 94 valence electrons. The molecule has 5 N–H and O–H groups in total. The fourth-order valence-corrected chi connectivity index (χ4v) is 1.46. The van der Waals surface area contributed by atoms with E-state index in [0.717, 1.165) is 5.69 Å². The molecule has 1 amide bonds. The number of nitrogens with one attached hydrogen (secondary N) is 1. The van der Waals surface area contributed by atoms with Gasteiger partial charge in [0.05, 0.1) is 6.54 Å². The third-order valence-electron chi connectivity index (χ3n) is 2.21. The van der Waals surface area contributed by atoms with Crippen LogP contribution in [0.25, 0.3) is 0 Å². The number of amides is 1. The number of rotatable bonds is 5. The van der Waals surface area contributed by atoms with Crippen molar-refractivity contribution in [3.8, 4) is 0 Å². The van der Waals surface area contributed by atoms with Crippen LogP contribution in [0.1, 0.15) is 19.5 Å². The molecular weight excluding hydrogens is 220 g/mol. The van der Waals surface area contributed by atoms with E-state index in [1.165, 1.54) is 0 Å². The van der Waals surface area contributed by atoms with Crippen LogP contribution in [0.5, 0.6) is 0 Å². The van der Waals surface area contributed by atoms with Gasteiger partial charge in [0.15, 0.2) is 0 Å². The summed E-state index contributed by atoms with van der Waals surface area (Å²) >= 11 is 0. The van der Waals surface area contributed by atoms with E-state index in [-0.39, 0.29) is 12.6 Å². The average Bonchev–Trinajstić information content (AvgIpc) is 2.24. The molecule has 0 radical (unpaired) electrons. The van der Waals surface area contributed by atoms with E-state index in [4.69, 9.17) is 11.6 Å². The highest BCUT2D eigenvalue weighted by atomic mass is 16.1. The largest absolute Gasteiger partial charge is 0.368 e. The van der Waals surface area contributed by atoms with Gasteiger partial charge in [0, 0.05) is 17.8 Å². The van der Waals surface area contributed by atoms with Gasteiger partial charge >= 0.3 is 0 Å². The first-order valence-corrected chi connectivity index (χ1v) is 5.31. The van der Waals surface area contributed by atoms with Gasteiger partial charge in [0.25, 0.3) is 0 Å². The number of primary amides is 1. The van der Waals surface area contributed by atoms with E-state index in [1.54, 1.807) is 11.0 Å². The van der Waals surface area contributed by atoms with Crippen LogP contribution in [-0.2, 0) is 4.79 Å². The highest BCUT2D eigenvalue weighted by Crippen LogP contribution is 2.16. The van der Waals surface area contributed by atoms with Gasteiger partial charge in [-0.1, -0.05) is 0 Å². The summed E-state index contributed by atoms with van der Waals surface area (Å²) in [6.45, 7) is 5.85. The lowest BCUT2D eigenvalue weighted by Gasteiger charge is -2.26. The first-order valence-electron chi connectivity index (χ1n) is 5.31. The number of nitrogen functional groups attached to an aromatic ring is 1. The van der Waals surface area contributed by atoms with Crippen LogP contribution in [0, 0.1) is 6.92 Å². The van der Waals surface area contributed by atoms with E-state index in [1.807, 2.05) is 20.8 Å². The number of hydrazine groups is 1. The van der Waals surface area contributed by atoms with Gasteiger partial charge in [0.1, 0.15) is 5.82 Å². The Hall–Kier alpha value is -1.89. The fraction of sp³-hybridized carbons (Fsp3) is 0.500. The maximum Gasteiger partial charge on any atom is 0.239 e. The summed E-state index contributed by atoms with van der Waals surface area (Å²) in [5.74, 6) is 5.81. The van der Waals surface area contributed by atoms with Crippen molar-refractivity contribution in [2.45, 2.75) is 26.8 Å². The number of aromatic nitrogens is 2. The second kappa shape index (κ2) is 5.44. The van der Waals surface area contributed by atoms with E-state index in [0.29, 0.717) is 11.8 Å². The first kappa shape index (κ1) is 13.2. The summed E-state index contributed by atoms with van der Waals surface area (Å²) in [5.41, 5.74) is 8.37. The van der Waals surface area contributed by atoms with Gasteiger partial charge in [-0.2, -0.15) is 4.98 Å². The predicted octanol–water partition coefficient (Wildman–Crippen LogP) is -0.229. The third kappa shape index (κ3) is 3.56. The van der Waals surface area contributed by atoms with E-state index in [9.17, 15) is 4.79 Å². The number of carbonyl (C=O) groups is 1. The molecule has 0 aromatic carbocycles. The molecule has 0 unspecified atom stereocenters. The van der Waals surface area contributed by atoms with Crippen molar-refractivity contribution in [2.24, 2.45) is 11.6 Å². The molecule has 7 heteroatoms. The van der Waals surface area contributed by atoms with Gasteiger partial charge in [-0.05, 0) is 20.8 Å². The maximum absolute atomic E-state index is 11.0. The quantitative estimate of drug-likeness (QED) is 0.483. The third-order valence-corrected chi connectivity index (χ3v) is 2.21. The minimum absolute atomic E-state index is 0.0995. The Morgan fingerprint density at radius 3 is 2.65 bits per heavy atom. The molecule has 0 bridgehead atoms. The Labute approximate surface area is 100 Å². The summed E-state index contributed by atoms with van der Waals surface area (Å²) in [4.78, 5) is 21.1. The number of hydrogen-bond acceptors (Lipinski definition) is 6. The number of aryl methyl sites for hydroxylation is 1. The number of nitrogens with two attached hydrogens (primary N) is 2. The number of carbonyl (C=O) groups excluding carboxylic acids is 1. The van der Waals surface area contributed by atoms with Crippen molar-refractivity contribution in [3.63, 3.8) is 0 Å². The Bertz CT molecular complexity index is 406. The molecule has 17 heavy (non-hydrogen) atoms. The Morgan fingerprint density at radius 1 is 1.53 bits per heavy atom.